The third kappa shape index (κ3) is 4.10. The van der Waals surface area contributed by atoms with Crippen LogP contribution in [0, 0.1) is 11.3 Å². The second-order valence-electron chi connectivity index (χ2n) is 10.6. The number of ketones is 1. The number of carbonyl (C=O) groups is 2. The number of hydrogen-bond donors (Lipinski definition) is 1. The Morgan fingerprint density at radius 3 is 2.60 bits per heavy atom. The fourth-order valence-corrected chi connectivity index (χ4v) is 6.31. The van der Waals surface area contributed by atoms with E-state index in [-0.39, 0.29) is 29.6 Å². The second kappa shape index (κ2) is 8.69. The van der Waals surface area contributed by atoms with Gasteiger partial charge in [0.2, 0.25) is 5.91 Å². The molecule has 6 rings (SSSR count). The molecule has 1 N–H and O–H groups in total. The molecular weight excluding hydrogens is 468 g/mol. The number of carbonyl (C=O) groups excluding carboxylic acids is 2. The zero-order valence-electron chi connectivity index (χ0n) is 20.0. The van der Waals surface area contributed by atoms with Crippen LogP contribution in [0.25, 0.3) is 10.8 Å². The topological polar surface area (TPSA) is 84.0 Å². The molecule has 1 aromatic heterocycles. The number of nitrogens with one attached hydrogen (secondary N) is 1. The van der Waals surface area contributed by atoms with E-state index in [1.54, 1.807) is 6.20 Å². The molecule has 1 amide bonds. The molecule has 186 valence electrons. The summed E-state index contributed by atoms with van der Waals surface area (Å²) >= 11 is 6.67. The number of hydrogen-bond acceptors (Lipinski definition) is 7. The van der Waals surface area contributed by atoms with Crippen molar-refractivity contribution in [1.29, 1.82) is 0 Å². The zero-order valence-corrected chi connectivity index (χ0v) is 20.8. The first kappa shape index (κ1) is 23.2. The van der Waals surface area contributed by atoms with Crippen LogP contribution in [0.15, 0.2) is 24.4 Å². The van der Waals surface area contributed by atoms with Gasteiger partial charge in [-0.1, -0.05) is 11.6 Å². The van der Waals surface area contributed by atoms with Gasteiger partial charge in [-0.15, -0.1) is 0 Å². The fourth-order valence-electron chi connectivity index (χ4n) is 6.01. The summed E-state index contributed by atoms with van der Waals surface area (Å²) in [6, 6.07) is 5.94. The van der Waals surface area contributed by atoms with Crippen molar-refractivity contribution in [3.05, 3.63) is 29.4 Å². The van der Waals surface area contributed by atoms with Crippen LogP contribution in [0.1, 0.15) is 26.2 Å². The van der Waals surface area contributed by atoms with E-state index >= 15 is 0 Å². The lowest BCUT2D eigenvalue weighted by atomic mass is 9.93. The molecule has 0 bridgehead atoms. The molecule has 1 saturated carbocycles. The number of nitrogens with zero attached hydrogens (tertiary/aromatic N) is 3. The predicted octanol–water partition coefficient (Wildman–Crippen LogP) is 3.12. The molecule has 1 spiro atoms. The minimum absolute atomic E-state index is 0.0555. The van der Waals surface area contributed by atoms with Gasteiger partial charge >= 0.3 is 0 Å². The van der Waals surface area contributed by atoms with Crippen molar-refractivity contribution in [2.24, 2.45) is 11.3 Å². The number of Topliss-reactive ketones (excluding diaryl/α,β-unsaturated/α-hetero) is 1. The lowest BCUT2D eigenvalue weighted by Crippen LogP contribution is -2.59. The van der Waals surface area contributed by atoms with E-state index in [1.807, 2.05) is 19.1 Å². The van der Waals surface area contributed by atoms with E-state index in [2.05, 4.69) is 26.2 Å². The van der Waals surface area contributed by atoms with E-state index in [4.69, 9.17) is 21.1 Å². The minimum Gasteiger partial charge on any atom is -0.381 e. The number of pyridine rings is 1. The number of amides is 1. The number of halogens is 1. The molecule has 0 radical (unpaired) electrons. The summed E-state index contributed by atoms with van der Waals surface area (Å²) < 4.78 is 10.9. The number of fused-ring (bicyclic) bond motifs is 1. The number of anilines is 2. The molecule has 3 aliphatic heterocycles. The summed E-state index contributed by atoms with van der Waals surface area (Å²) in [5.74, 6) is 0.844. The first-order valence-corrected chi connectivity index (χ1v) is 12.8. The van der Waals surface area contributed by atoms with Crippen LogP contribution >= 0.6 is 11.6 Å². The summed E-state index contributed by atoms with van der Waals surface area (Å²) in [5, 5.41) is 5.64. The van der Waals surface area contributed by atoms with Crippen LogP contribution in [0.2, 0.25) is 5.02 Å². The van der Waals surface area contributed by atoms with Gasteiger partial charge in [-0.25, -0.2) is 4.98 Å². The van der Waals surface area contributed by atoms with Gasteiger partial charge in [-0.3, -0.25) is 14.5 Å². The Balaban J connectivity index is 1.16. The van der Waals surface area contributed by atoms with Crippen molar-refractivity contribution in [2.75, 3.05) is 62.8 Å². The van der Waals surface area contributed by atoms with Crippen molar-refractivity contribution in [2.45, 2.75) is 31.7 Å². The Bertz CT molecular complexity index is 1180. The van der Waals surface area contributed by atoms with Gasteiger partial charge in [0.1, 0.15) is 18.0 Å². The van der Waals surface area contributed by atoms with Gasteiger partial charge in [-0.2, -0.15) is 0 Å². The normalized spacial score (nSPS) is 28.6. The first-order chi connectivity index (χ1) is 16.9. The fraction of sp³-hybridized carbons (Fsp3) is 0.577. The molecule has 1 aromatic carbocycles. The van der Waals surface area contributed by atoms with Crippen molar-refractivity contribution < 1.29 is 19.1 Å². The highest BCUT2D eigenvalue weighted by Gasteiger charge is 2.58. The van der Waals surface area contributed by atoms with E-state index in [9.17, 15) is 9.59 Å². The van der Waals surface area contributed by atoms with Gasteiger partial charge < -0.3 is 19.7 Å². The number of ether oxygens (including phenoxy) is 2. The molecule has 4 aliphatic rings. The van der Waals surface area contributed by atoms with Crippen LogP contribution in [-0.2, 0) is 19.1 Å². The number of aromatic nitrogens is 1. The molecule has 35 heavy (non-hydrogen) atoms. The van der Waals surface area contributed by atoms with Crippen molar-refractivity contribution in [1.82, 2.24) is 9.88 Å². The Hall–Kier alpha value is -2.26. The van der Waals surface area contributed by atoms with E-state index in [0.717, 1.165) is 75.1 Å². The van der Waals surface area contributed by atoms with Crippen LogP contribution in [0.3, 0.4) is 0 Å². The SMILES string of the molecule is CC1(N2CCN(c3cc4cc(NC(=O)C5CC56CCOCC6)ncc4cc3Cl)CC2)COCC1=O. The predicted molar refractivity (Wildman–Crippen MR) is 134 cm³/mol. The maximum absolute atomic E-state index is 12.9. The molecule has 9 heteroatoms. The lowest BCUT2D eigenvalue weighted by molar-refractivity contribution is -0.126. The van der Waals surface area contributed by atoms with Gasteiger partial charge in [0.25, 0.3) is 0 Å². The number of piperazine rings is 1. The maximum Gasteiger partial charge on any atom is 0.229 e. The number of rotatable bonds is 4. The summed E-state index contributed by atoms with van der Waals surface area (Å²) in [6.07, 6.45) is 4.64. The maximum atomic E-state index is 12.9. The standard InChI is InChI=1S/C26H31ClN4O4/c1-25(16-35-15-22(25)32)31-6-4-30(5-7-31)21-11-17-12-23(28-14-18(17)10-20(21)27)29-24(33)19-13-26(19)2-8-34-9-3-26/h10-12,14,19H,2-9,13,15-16H2,1H3,(H,28,29,33). The lowest BCUT2D eigenvalue weighted by Gasteiger charge is -2.43. The molecule has 8 nitrogen and oxygen atoms in total. The molecule has 2 atom stereocenters. The summed E-state index contributed by atoms with van der Waals surface area (Å²) in [4.78, 5) is 34.2. The van der Waals surface area contributed by atoms with Crippen LogP contribution in [-0.4, -0.2) is 79.7 Å². The van der Waals surface area contributed by atoms with Crippen LogP contribution in [0.5, 0.6) is 0 Å². The molecule has 4 heterocycles. The van der Waals surface area contributed by atoms with Crippen molar-refractivity contribution in [3.63, 3.8) is 0 Å². The number of benzene rings is 1. The second-order valence-corrected chi connectivity index (χ2v) is 11.0. The van der Waals surface area contributed by atoms with Gasteiger partial charge in [0.05, 0.1) is 17.3 Å². The highest BCUT2D eigenvalue weighted by atomic mass is 35.5. The molecule has 1 aliphatic carbocycles. The highest BCUT2D eigenvalue weighted by Crippen LogP contribution is 2.59. The first-order valence-electron chi connectivity index (χ1n) is 12.5. The van der Waals surface area contributed by atoms with Crippen molar-refractivity contribution >= 4 is 45.6 Å². The van der Waals surface area contributed by atoms with E-state index in [0.29, 0.717) is 17.4 Å². The third-order valence-corrected chi connectivity index (χ3v) is 8.87. The largest absolute Gasteiger partial charge is 0.381 e. The minimum atomic E-state index is -0.525. The van der Waals surface area contributed by atoms with Gasteiger partial charge in [-0.05, 0) is 55.2 Å². The average Bonchev–Trinajstić information content (AvgIpc) is 3.44. The summed E-state index contributed by atoms with van der Waals surface area (Å²) in [6.45, 7) is 7.23. The smallest absolute Gasteiger partial charge is 0.229 e. The zero-order chi connectivity index (χ0) is 24.2. The Kier molecular flexibility index (Phi) is 5.75. The highest BCUT2D eigenvalue weighted by molar-refractivity contribution is 6.34. The van der Waals surface area contributed by atoms with Crippen LogP contribution < -0.4 is 10.2 Å². The molecule has 4 fully saturated rings. The van der Waals surface area contributed by atoms with E-state index < -0.39 is 5.54 Å². The summed E-state index contributed by atoms with van der Waals surface area (Å²) in [5.41, 5.74) is 0.571. The van der Waals surface area contributed by atoms with E-state index in [1.165, 1.54) is 0 Å². The van der Waals surface area contributed by atoms with Crippen molar-refractivity contribution in [3.8, 4) is 0 Å². The van der Waals surface area contributed by atoms with Gasteiger partial charge in [0, 0.05) is 56.9 Å². The molecular formula is C26H31ClN4O4. The quantitative estimate of drug-likeness (QED) is 0.693. The molecule has 2 aromatic rings. The van der Waals surface area contributed by atoms with Crippen LogP contribution in [0.4, 0.5) is 11.5 Å². The molecule has 3 saturated heterocycles. The Labute approximate surface area is 209 Å². The monoisotopic (exact) mass is 498 g/mol. The Morgan fingerprint density at radius 1 is 1.11 bits per heavy atom. The summed E-state index contributed by atoms with van der Waals surface area (Å²) in [7, 11) is 0. The average molecular weight is 499 g/mol. The molecule has 2 unspecified atom stereocenters. The Morgan fingerprint density at radius 2 is 1.89 bits per heavy atom. The van der Waals surface area contributed by atoms with Gasteiger partial charge in [0.15, 0.2) is 5.78 Å². The third-order valence-electron chi connectivity index (χ3n) is 8.57.